The van der Waals surface area contributed by atoms with Gasteiger partial charge in [-0.2, -0.15) is 0 Å². The Morgan fingerprint density at radius 2 is 2.14 bits per heavy atom. The molecule has 0 bridgehead atoms. The number of aliphatic hydroxyl groups is 1. The summed E-state index contributed by atoms with van der Waals surface area (Å²) in [4.78, 5) is 1.99. The molecule has 0 fully saturated rings. The van der Waals surface area contributed by atoms with Crippen LogP contribution in [-0.2, 0) is 20.8 Å². The molecular formula is C9H15Cl2NOZr. The van der Waals surface area contributed by atoms with E-state index in [2.05, 4.69) is 6.08 Å². The standard InChI is InChI=1S/C9H15NO.2ClH.Zr/c1-10(2)7-9(11)8-5-3-4-6-8;;;/h3-5,9,11H,6-7H2,1-2H3;2*1H;/q;;;+2/p-2. The average molecular weight is 315 g/mol. The van der Waals surface area contributed by atoms with E-state index >= 15 is 0 Å². The number of rotatable bonds is 3. The Hall–Kier alpha value is 0.863. The van der Waals surface area contributed by atoms with E-state index in [4.69, 9.17) is 17.0 Å². The van der Waals surface area contributed by atoms with Crippen LogP contribution in [0.4, 0.5) is 0 Å². The zero-order chi connectivity index (χ0) is 11.0. The van der Waals surface area contributed by atoms with E-state index < -0.39 is 20.8 Å². The van der Waals surface area contributed by atoms with E-state index in [1.165, 1.54) is 0 Å². The Kier molecular flexibility index (Phi) is 9.68. The van der Waals surface area contributed by atoms with Gasteiger partial charge in [-0.3, -0.25) is 0 Å². The van der Waals surface area contributed by atoms with Gasteiger partial charge in [-0.15, -0.1) is 0 Å². The molecule has 1 atom stereocenters. The van der Waals surface area contributed by atoms with Crippen molar-refractivity contribution < 1.29 is 26.0 Å². The molecule has 5 heteroatoms. The van der Waals surface area contributed by atoms with Crippen LogP contribution in [0, 0.1) is 0 Å². The van der Waals surface area contributed by atoms with Crippen molar-refractivity contribution in [2.75, 3.05) is 20.6 Å². The van der Waals surface area contributed by atoms with Crippen molar-refractivity contribution >= 4 is 17.0 Å². The summed E-state index contributed by atoms with van der Waals surface area (Å²) in [5, 5.41) is 9.57. The van der Waals surface area contributed by atoms with E-state index in [1.54, 1.807) is 0 Å². The molecule has 0 saturated carbocycles. The van der Waals surface area contributed by atoms with Crippen molar-refractivity contribution in [3.63, 3.8) is 0 Å². The van der Waals surface area contributed by atoms with Gasteiger partial charge in [0, 0.05) is 6.54 Å². The van der Waals surface area contributed by atoms with Gasteiger partial charge in [0.1, 0.15) is 0 Å². The summed E-state index contributed by atoms with van der Waals surface area (Å²) in [6.45, 7) is 0.716. The second-order valence-electron chi connectivity index (χ2n) is 3.22. The van der Waals surface area contributed by atoms with E-state index in [-0.39, 0.29) is 6.10 Å². The summed E-state index contributed by atoms with van der Waals surface area (Å²) in [5.74, 6) is 0. The van der Waals surface area contributed by atoms with E-state index in [1.807, 2.05) is 31.1 Å². The van der Waals surface area contributed by atoms with Crippen molar-refractivity contribution in [3.8, 4) is 0 Å². The zero-order valence-corrected chi connectivity index (χ0v) is 12.3. The van der Waals surface area contributed by atoms with Crippen LogP contribution < -0.4 is 0 Å². The van der Waals surface area contributed by atoms with Crippen LogP contribution in [0.5, 0.6) is 0 Å². The van der Waals surface area contributed by atoms with Gasteiger partial charge in [-0.1, -0.05) is 18.2 Å². The fourth-order valence-electron chi connectivity index (χ4n) is 1.17. The first kappa shape index (κ1) is 14.9. The maximum absolute atomic E-state index is 9.57. The molecule has 0 aliphatic heterocycles. The molecule has 1 N–H and O–H groups in total. The van der Waals surface area contributed by atoms with Crippen molar-refractivity contribution in [2.24, 2.45) is 0 Å². The summed E-state index contributed by atoms with van der Waals surface area (Å²) in [6.07, 6.45) is 6.67. The summed E-state index contributed by atoms with van der Waals surface area (Å²) in [7, 11) is 13.8. The molecular weight excluding hydrogens is 300 g/mol. The quantitative estimate of drug-likeness (QED) is 0.863. The minimum atomic E-state index is -0.826. The predicted molar refractivity (Wildman–Crippen MR) is 58.1 cm³/mol. The number of nitrogens with zero attached hydrogens (tertiary/aromatic N) is 1. The van der Waals surface area contributed by atoms with Crippen LogP contribution in [0.15, 0.2) is 23.8 Å². The Bertz CT molecular complexity index is 207. The monoisotopic (exact) mass is 313 g/mol. The van der Waals surface area contributed by atoms with Crippen LogP contribution in [0.2, 0.25) is 0 Å². The Morgan fingerprint density at radius 3 is 2.50 bits per heavy atom. The number of aliphatic hydroxyl groups excluding tert-OH is 1. The first-order valence-corrected chi connectivity index (χ1v) is 10.6. The molecule has 0 aromatic rings. The summed E-state index contributed by atoms with van der Waals surface area (Å²) < 4.78 is 0. The molecule has 1 unspecified atom stereocenters. The van der Waals surface area contributed by atoms with Crippen molar-refractivity contribution in [1.82, 2.24) is 4.90 Å². The molecule has 0 amide bonds. The van der Waals surface area contributed by atoms with Crippen LogP contribution in [0.1, 0.15) is 6.42 Å². The molecule has 0 saturated heterocycles. The van der Waals surface area contributed by atoms with Gasteiger partial charge in [0.2, 0.25) is 0 Å². The molecule has 0 aromatic heterocycles. The molecule has 0 heterocycles. The summed E-state index contributed by atoms with van der Waals surface area (Å²) >= 11 is -0.826. The average Bonchev–Trinajstić information content (AvgIpc) is 2.55. The number of halogens is 2. The third kappa shape index (κ3) is 7.19. The third-order valence-electron chi connectivity index (χ3n) is 1.77. The van der Waals surface area contributed by atoms with Gasteiger partial charge >= 0.3 is 37.9 Å². The molecule has 1 aliphatic carbocycles. The second kappa shape index (κ2) is 9.12. The Balaban J connectivity index is 0.000000500. The van der Waals surface area contributed by atoms with Gasteiger partial charge in [0.05, 0.1) is 6.10 Å². The number of likely N-dealkylation sites (N-methyl/N-ethyl adjacent to an activating group) is 1. The summed E-state index contributed by atoms with van der Waals surface area (Å²) in [5.41, 5.74) is 1.12. The SMILES string of the molecule is CN(C)CC(O)C1=CC=CC1.[Cl][Zr][Cl]. The van der Waals surface area contributed by atoms with E-state index in [9.17, 15) is 5.11 Å². The van der Waals surface area contributed by atoms with Crippen molar-refractivity contribution in [1.29, 1.82) is 0 Å². The topological polar surface area (TPSA) is 23.5 Å². The molecule has 1 aliphatic rings. The number of hydrogen-bond donors (Lipinski definition) is 1. The molecule has 0 spiro atoms. The molecule has 1 rings (SSSR count). The first-order valence-electron chi connectivity index (χ1n) is 4.26. The molecule has 80 valence electrons. The first-order chi connectivity index (χ1) is 6.61. The number of hydrogen-bond acceptors (Lipinski definition) is 2. The van der Waals surface area contributed by atoms with E-state index in [0.29, 0.717) is 6.54 Å². The normalized spacial score (nSPS) is 16.0. The van der Waals surface area contributed by atoms with Crippen LogP contribution in [-0.4, -0.2) is 36.8 Å². The number of allylic oxidation sites excluding steroid dienone is 3. The van der Waals surface area contributed by atoms with Crippen molar-refractivity contribution in [2.45, 2.75) is 12.5 Å². The van der Waals surface area contributed by atoms with Gasteiger partial charge in [-0.25, -0.2) is 0 Å². The van der Waals surface area contributed by atoms with Crippen molar-refractivity contribution in [3.05, 3.63) is 23.8 Å². The van der Waals surface area contributed by atoms with Crippen LogP contribution >= 0.6 is 17.0 Å². The molecule has 0 aromatic carbocycles. The zero-order valence-electron chi connectivity index (χ0n) is 8.37. The van der Waals surface area contributed by atoms with Crippen LogP contribution in [0.3, 0.4) is 0 Å². The van der Waals surface area contributed by atoms with Gasteiger partial charge in [0.15, 0.2) is 0 Å². The fraction of sp³-hybridized carbons (Fsp3) is 0.556. The van der Waals surface area contributed by atoms with Gasteiger partial charge < -0.3 is 10.0 Å². The molecule has 2 nitrogen and oxygen atoms in total. The minimum absolute atomic E-state index is 0.292. The third-order valence-corrected chi connectivity index (χ3v) is 1.77. The predicted octanol–water partition coefficient (Wildman–Crippen LogP) is 2.17. The molecule has 0 radical (unpaired) electrons. The van der Waals surface area contributed by atoms with E-state index in [0.717, 1.165) is 12.0 Å². The maximum atomic E-state index is 9.57. The van der Waals surface area contributed by atoms with Gasteiger partial charge in [0.25, 0.3) is 0 Å². The fourth-order valence-corrected chi connectivity index (χ4v) is 1.17. The molecule has 14 heavy (non-hydrogen) atoms. The summed E-state index contributed by atoms with van der Waals surface area (Å²) in [6, 6.07) is 0. The second-order valence-corrected chi connectivity index (χ2v) is 6.96. The Labute approximate surface area is 104 Å². The Morgan fingerprint density at radius 1 is 1.57 bits per heavy atom. The van der Waals surface area contributed by atoms with Gasteiger partial charge in [-0.05, 0) is 26.1 Å². The van der Waals surface area contributed by atoms with Crippen LogP contribution in [0.25, 0.3) is 0 Å².